The van der Waals surface area contributed by atoms with Crippen LogP contribution in [-0.2, 0) is 9.47 Å². The van der Waals surface area contributed by atoms with Crippen LogP contribution in [0.5, 0.6) is 17.4 Å². The molecule has 0 bridgehead atoms. The van der Waals surface area contributed by atoms with E-state index in [2.05, 4.69) is 10.3 Å². The summed E-state index contributed by atoms with van der Waals surface area (Å²) in [5.41, 5.74) is 1.77. The van der Waals surface area contributed by atoms with Crippen molar-refractivity contribution in [1.82, 2.24) is 9.97 Å². The van der Waals surface area contributed by atoms with Crippen LogP contribution in [0.2, 0.25) is 0 Å². The van der Waals surface area contributed by atoms with E-state index in [1.165, 1.54) is 0 Å². The average molecular weight is 428 g/mol. The number of fused-ring (bicyclic) bond motifs is 1. The molecule has 166 valence electrons. The van der Waals surface area contributed by atoms with Gasteiger partial charge in [-0.25, -0.2) is 4.98 Å². The first-order valence-electron chi connectivity index (χ1n) is 11.1. The van der Waals surface area contributed by atoms with Gasteiger partial charge in [-0.3, -0.25) is 0 Å². The molecule has 8 heteroatoms. The molecule has 2 aliphatic heterocycles. The summed E-state index contributed by atoms with van der Waals surface area (Å²) in [7, 11) is 1.79. The fraction of sp³-hybridized carbons (Fsp3) is 0.565. The van der Waals surface area contributed by atoms with Crippen molar-refractivity contribution in [3.8, 4) is 28.5 Å². The Bertz CT molecular complexity index is 895. The Hall–Kier alpha value is -2.58. The van der Waals surface area contributed by atoms with Crippen LogP contribution in [0.15, 0.2) is 24.4 Å². The lowest BCUT2D eigenvalue weighted by Crippen LogP contribution is -2.30. The van der Waals surface area contributed by atoms with Crippen LogP contribution in [0, 0.1) is 0 Å². The van der Waals surface area contributed by atoms with Crippen LogP contribution in [-0.4, -0.2) is 61.8 Å². The third-order valence-electron chi connectivity index (χ3n) is 6.11. The largest absolute Gasteiger partial charge is 0.486 e. The van der Waals surface area contributed by atoms with E-state index >= 15 is 0 Å². The Kier molecular flexibility index (Phi) is 6.08. The minimum atomic E-state index is -0.00384. The minimum absolute atomic E-state index is 0.00384. The number of methoxy groups -OCH3 is 1. The highest BCUT2D eigenvalue weighted by Gasteiger charge is 2.24. The maximum absolute atomic E-state index is 6.26. The minimum Gasteiger partial charge on any atom is -0.486 e. The molecule has 0 radical (unpaired) electrons. The predicted molar refractivity (Wildman–Crippen MR) is 115 cm³/mol. The molecule has 1 saturated heterocycles. The van der Waals surface area contributed by atoms with Crippen LogP contribution in [0.25, 0.3) is 11.1 Å². The summed E-state index contributed by atoms with van der Waals surface area (Å²) >= 11 is 0. The van der Waals surface area contributed by atoms with Gasteiger partial charge < -0.3 is 29.0 Å². The molecule has 5 rings (SSSR count). The Morgan fingerprint density at radius 1 is 0.968 bits per heavy atom. The lowest BCUT2D eigenvalue weighted by Gasteiger charge is -2.28. The predicted octanol–water partition coefficient (Wildman–Crippen LogP) is 3.45. The molecule has 1 N–H and O–H groups in total. The lowest BCUT2D eigenvalue weighted by atomic mass is 9.93. The van der Waals surface area contributed by atoms with E-state index in [1.807, 2.05) is 24.4 Å². The molecular weight excluding hydrogens is 398 g/mol. The molecular formula is C23H29N3O5. The SMILES string of the molecule is CO[C@H]1CC[C@H](Nc2ncc(-c3ccc4c(c3)OCCO4)c(O[C@@H]3CCOC3)n2)CC1. The van der Waals surface area contributed by atoms with Gasteiger partial charge in [0.1, 0.15) is 19.3 Å². The van der Waals surface area contributed by atoms with Crippen molar-refractivity contribution in [3.05, 3.63) is 24.4 Å². The van der Waals surface area contributed by atoms with Crippen LogP contribution in [0.4, 0.5) is 5.95 Å². The summed E-state index contributed by atoms with van der Waals surface area (Å²) in [5, 5.41) is 3.49. The molecule has 1 aromatic carbocycles. The summed E-state index contributed by atoms with van der Waals surface area (Å²) in [4.78, 5) is 9.35. The Morgan fingerprint density at radius 2 is 1.81 bits per heavy atom. The average Bonchev–Trinajstić information content (AvgIpc) is 3.33. The van der Waals surface area contributed by atoms with Gasteiger partial charge in [0.25, 0.3) is 0 Å². The van der Waals surface area contributed by atoms with Crippen LogP contribution in [0.3, 0.4) is 0 Å². The first kappa shape index (κ1) is 20.3. The first-order chi connectivity index (χ1) is 15.3. The molecule has 1 aromatic heterocycles. The fourth-order valence-electron chi connectivity index (χ4n) is 4.32. The topological polar surface area (TPSA) is 84.0 Å². The van der Waals surface area contributed by atoms with E-state index in [1.54, 1.807) is 7.11 Å². The Labute approximate surface area is 182 Å². The molecule has 3 heterocycles. The number of ether oxygens (including phenoxy) is 5. The molecule has 1 atom stereocenters. The van der Waals surface area contributed by atoms with Gasteiger partial charge in [-0.15, -0.1) is 0 Å². The van der Waals surface area contributed by atoms with Crippen LogP contribution in [0.1, 0.15) is 32.1 Å². The standard InChI is InChI=1S/C23H29N3O5/c1-27-17-5-3-16(4-6-17)25-23-24-13-19(22(26-23)31-18-8-9-28-14-18)15-2-7-20-21(12-15)30-11-10-29-20/h2,7,12-13,16-18H,3-6,8-11,14H2,1H3,(H,24,25,26)/t16-,17-,18-/m1/s1. The lowest BCUT2D eigenvalue weighted by molar-refractivity contribution is 0.0681. The number of rotatable bonds is 6. The van der Waals surface area contributed by atoms with E-state index < -0.39 is 0 Å². The maximum atomic E-state index is 6.26. The molecule has 0 amide bonds. The second-order valence-corrected chi connectivity index (χ2v) is 8.23. The molecule has 3 aliphatic rings. The molecule has 2 aromatic rings. The van der Waals surface area contributed by atoms with Gasteiger partial charge in [0, 0.05) is 25.8 Å². The van der Waals surface area contributed by atoms with Crippen molar-refractivity contribution in [3.63, 3.8) is 0 Å². The number of hydrogen-bond acceptors (Lipinski definition) is 8. The third-order valence-corrected chi connectivity index (χ3v) is 6.11. The number of hydrogen-bond donors (Lipinski definition) is 1. The fourth-order valence-corrected chi connectivity index (χ4v) is 4.32. The highest BCUT2D eigenvalue weighted by Crippen LogP contribution is 2.38. The zero-order valence-electron chi connectivity index (χ0n) is 17.8. The van der Waals surface area contributed by atoms with Gasteiger partial charge in [0.05, 0.1) is 24.9 Å². The highest BCUT2D eigenvalue weighted by atomic mass is 16.6. The summed E-state index contributed by atoms with van der Waals surface area (Å²) in [6.45, 7) is 2.40. The summed E-state index contributed by atoms with van der Waals surface area (Å²) in [6.07, 6.45) is 7.21. The van der Waals surface area contributed by atoms with Crippen molar-refractivity contribution in [2.45, 2.75) is 50.4 Å². The molecule has 1 saturated carbocycles. The number of nitrogens with zero attached hydrogens (tertiary/aromatic N) is 2. The number of aromatic nitrogens is 2. The van der Waals surface area contributed by atoms with Gasteiger partial charge >= 0.3 is 0 Å². The van der Waals surface area contributed by atoms with Crippen molar-refractivity contribution in [2.75, 3.05) is 38.9 Å². The van der Waals surface area contributed by atoms with Crippen molar-refractivity contribution < 1.29 is 23.7 Å². The number of anilines is 1. The molecule has 0 unspecified atom stereocenters. The van der Waals surface area contributed by atoms with E-state index in [9.17, 15) is 0 Å². The molecule has 0 spiro atoms. The number of nitrogens with one attached hydrogen (secondary N) is 1. The van der Waals surface area contributed by atoms with Crippen LogP contribution < -0.4 is 19.5 Å². The Morgan fingerprint density at radius 3 is 2.58 bits per heavy atom. The van der Waals surface area contributed by atoms with Crippen molar-refractivity contribution >= 4 is 5.95 Å². The van der Waals surface area contributed by atoms with Gasteiger partial charge in [-0.05, 0) is 43.4 Å². The second-order valence-electron chi connectivity index (χ2n) is 8.23. The zero-order chi connectivity index (χ0) is 21.0. The van der Waals surface area contributed by atoms with E-state index in [0.717, 1.165) is 54.7 Å². The van der Waals surface area contributed by atoms with Crippen molar-refractivity contribution in [2.24, 2.45) is 0 Å². The highest BCUT2D eigenvalue weighted by molar-refractivity contribution is 5.71. The third kappa shape index (κ3) is 4.70. The monoisotopic (exact) mass is 427 g/mol. The normalized spacial score (nSPS) is 25.3. The van der Waals surface area contributed by atoms with Gasteiger partial charge in [0.2, 0.25) is 11.8 Å². The molecule has 1 aliphatic carbocycles. The van der Waals surface area contributed by atoms with E-state index in [0.29, 0.717) is 50.4 Å². The molecule has 8 nitrogen and oxygen atoms in total. The zero-order valence-corrected chi connectivity index (χ0v) is 17.8. The van der Waals surface area contributed by atoms with Gasteiger partial charge in [0.15, 0.2) is 11.5 Å². The first-order valence-corrected chi connectivity index (χ1v) is 11.1. The number of benzene rings is 1. The maximum Gasteiger partial charge on any atom is 0.226 e. The van der Waals surface area contributed by atoms with E-state index in [4.69, 9.17) is 28.7 Å². The smallest absolute Gasteiger partial charge is 0.226 e. The molecule has 2 fully saturated rings. The summed E-state index contributed by atoms with van der Waals surface area (Å²) < 4.78 is 28.6. The van der Waals surface area contributed by atoms with Crippen LogP contribution >= 0.6 is 0 Å². The van der Waals surface area contributed by atoms with Gasteiger partial charge in [-0.1, -0.05) is 6.07 Å². The Balaban J connectivity index is 1.39. The summed E-state index contributed by atoms with van der Waals surface area (Å²) in [6, 6.07) is 6.22. The van der Waals surface area contributed by atoms with E-state index in [-0.39, 0.29) is 6.10 Å². The molecule has 31 heavy (non-hydrogen) atoms. The van der Waals surface area contributed by atoms with Gasteiger partial charge in [-0.2, -0.15) is 4.98 Å². The van der Waals surface area contributed by atoms with Crippen molar-refractivity contribution in [1.29, 1.82) is 0 Å². The second kappa shape index (κ2) is 9.28. The quantitative estimate of drug-likeness (QED) is 0.751. The summed E-state index contributed by atoms with van der Waals surface area (Å²) in [5.74, 6) is 2.65.